The first-order chi connectivity index (χ1) is 16.8. The number of aromatic nitrogens is 1. The van der Waals surface area contributed by atoms with Crippen LogP contribution in [0.2, 0.25) is 0 Å². The Bertz CT molecular complexity index is 1150. The lowest BCUT2D eigenvalue weighted by molar-refractivity contribution is 0.102. The van der Waals surface area contributed by atoms with Crippen LogP contribution in [0.4, 0.5) is 21.3 Å². The Kier molecular flexibility index (Phi) is 9.25. The quantitative estimate of drug-likeness (QED) is 0.259. The molecule has 1 heterocycles. The summed E-state index contributed by atoms with van der Waals surface area (Å²) in [5.41, 5.74) is 5.15. The first-order valence-electron chi connectivity index (χ1n) is 11.9. The van der Waals surface area contributed by atoms with E-state index in [1.165, 1.54) is 19.3 Å². The second-order valence-corrected chi connectivity index (χ2v) is 9.67. The number of ether oxygens (including phenoxy) is 1. The van der Waals surface area contributed by atoms with Gasteiger partial charge in [-0.1, -0.05) is 55.2 Å². The molecule has 0 radical (unpaired) electrons. The number of nitrogens with zero attached hydrogens (tertiary/aromatic N) is 1. The molecule has 2 aromatic carbocycles. The summed E-state index contributed by atoms with van der Waals surface area (Å²) < 4.78 is 5.74. The third-order valence-corrected chi connectivity index (χ3v) is 6.59. The molecule has 1 aromatic heterocycles. The maximum Gasteiger partial charge on any atom is 0.325 e. The van der Waals surface area contributed by atoms with Crippen molar-refractivity contribution in [3.8, 4) is 5.75 Å². The molecule has 0 aliphatic carbocycles. The van der Waals surface area contributed by atoms with Gasteiger partial charge >= 0.3 is 6.03 Å². The van der Waals surface area contributed by atoms with Crippen molar-refractivity contribution in [3.05, 3.63) is 63.7 Å². The van der Waals surface area contributed by atoms with Crippen LogP contribution in [0.25, 0.3) is 0 Å². The molecule has 35 heavy (non-hydrogen) atoms. The minimum atomic E-state index is -0.427. The van der Waals surface area contributed by atoms with Gasteiger partial charge in [0.25, 0.3) is 5.91 Å². The number of anilines is 3. The number of thiazole rings is 1. The molecule has 3 amide bonds. The van der Waals surface area contributed by atoms with Gasteiger partial charge in [0.05, 0.1) is 12.3 Å². The minimum absolute atomic E-state index is 0.242. The molecule has 0 aliphatic heterocycles. The van der Waals surface area contributed by atoms with Crippen molar-refractivity contribution in [2.75, 3.05) is 22.6 Å². The van der Waals surface area contributed by atoms with Crippen LogP contribution < -0.4 is 20.7 Å². The Hall–Kier alpha value is -3.39. The van der Waals surface area contributed by atoms with E-state index >= 15 is 0 Å². The summed E-state index contributed by atoms with van der Waals surface area (Å²) >= 11 is 1.14. The number of nitrogens with one attached hydrogen (secondary N) is 3. The molecule has 0 saturated carbocycles. The van der Waals surface area contributed by atoms with Crippen LogP contribution in [0.15, 0.2) is 36.4 Å². The molecule has 0 atom stereocenters. The van der Waals surface area contributed by atoms with Gasteiger partial charge in [-0.2, -0.15) is 0 Å². The Morgan fingerprint density at radius 2 is 1.60 bits per heavy atom. The summed E-state index contributed by atoms with van der Waals surface area (Å²) in [5, 5.41) is 8.84. The van der Waals surface area contributed by atoms with Gasteiger partial charge in [-0.3, -0.25) is 10.1 Å². The topological polar surface area (TPSA) is 92.3 Å². The van der Waals surface area contributed by atoms with Crippen molar-refractivity contribution >= 4 is 39.8 Å². The molecule has 0 aliphatic rings. The van der Waals surface area contributed by atoms with Gasteiger partial charge in [-0.25, -0.2) is 9.78 Å². The number of hydrogen-bond donors (Lipinski definition) is 3. The van der Waals surface area contributed by atoms with Crippen molar-refractivity contribution in [2.45, 2.75) is 60.3 Å². The average Bonchev–Trinajstić information content (AvgIpc) is 3.16. The molecular formula is C27H34N4O3S. The standard InChI is InChI=1S/C27H34N4O3S/c1-6-7-8-9-14-34-22-12-10-21(11-13-22)29-26(33)31-27-28-20(5)24(35-27)25(32)30-23-18(3)15-17(2)16-19(23)4/h10-13,15-16H,6-9,14H2,1-5H3,(H,30,32)(H2,28,29,31,33). The molecule has 0 unspecified atom stereocenters. The number of hydrogen-bond acceptors (Lipinski definition) is 5. The number of rotatable bonds is 10. The number of amides is 3. The lowest BCUT2D eigenvalue weighted by atomic mass is 10.1. The van der Waals surface area contributed by atoms with Crippen molar-refractivity contribution in [3.63, 3.8) is 0 Å². The molecule has 0 bridgehead atoms. The molecule has 3 rings (SSSR count). The van der Waals surface area contributed by atoms with E-state index in [0.717, 1.165) is 45.9 Å². The van der Waals surface area contributed by atoms with Gasteiger partial charge in [-0.15, -0.1) is 0 Å². The zero-order chi connectivity index (χ0) is 25.4. The highest BCUT2D eigenvalue weighted by Crippen LogP contribution is 2.27. The van der Waals surface area contributed by atoms with E-state index in [-0.39, 0.29) is 5.91 Å². The summed E-state index contributed by atoms with van der Waals surface area (Å²) in [6, 6.07) is 10.9. The van der Waals surface area contributed by atoms with Gasteiger partial charge in [0, 0.05) is 11.4 Å². The monoisotopic (exact) mass is 494 g/mol. The van der Waals surface area contributed by atoms with Gasteiger partial charge in [0.15, 0.2) is 5.13 Å². The largest absolute Gasteiger partial charge is 0.494 e. The van der Waals surface area contributed by atoms with Crippen molar-refractivity contribution < 1.29 is 14.3 Å². The third-order valence-electron chi connectivity index (χ3n) is 5.52. The lowest BCUT2D eigenvalue weighted by Gasteiger charge is -2.12. The Balaban J connectivity index is 1.55. The van der Waals surface area contributed by atoms with E-state index in [0.29, 0.717) is 28.0 Å². The average molecular weight is 495 g/mol. The lowest BCUT2D eigenvalue weighted by Crippen LogP contribution is -2.19. The number of carbonyl (C=O) groups excluding carboxylic acids is 2. The first kappa shape index (κ1) is 26.2. The van der Waals surface area contributed by atoms with Crippen molar-refractivity contribution in [1.82, 2.24) is 4.98 Å². The van der Waals surface area contributed by atoms with Gasteiger partial charge < -0.3 is 15.4 Å². The summed E-state index contributed by atoms with van der Waals surface area (Å²) in [6.07, 6.45) is 4.62. The summed E-state index contributed by atoms with van der Waals surface area (Å²) in [6.45, 7) is 10.6. The minimum Gasteiger partial charge on any atom is -0.494 e. The number of urea groups is 1. The maximum absolute atomic E-state index is 12.9. The van der Waals surface area contributed by atoms with Gasteiger partial charge in [0.2, 0.25) is 0 Å². The number of aryl methyl sites for hydroxylation is 4. The van der Waals surface area contributed by atoms with Crippen molar-refractivity contribution in [1.29, 1.82) is 0 Å². The molecule has 3 N–H and O–H groups in total. The highest BCUT2D eigenvalue weighted by Gasteiger charge is 2.18. The van der Waals surface area contributed by atoms with E-state index in [2.05, 4.69) is 27.9 Å². The van der Waals surface area contributed by atoms with Crippen LogP contribution in [0.3, 0.4) is 0 Å². The van der Waals surface area contributed by atoms with Gasteiger partial charge in [-0.05, 0) is 69.5 Å². The summed E-state index contributed by atoms with van der Waals surface area (Å²) in [5.74, 6) is 0.534. The highest BCUT2D eigenvalue weighted by molar-refractivity contribution is 7.17. The second kappa shape index (κ2) is 12.4. The predicted molar refractivity (Wildman–Crippen MR) is 144 cm³/mol. The van der Waals surface area contributed by atoms with Gasteiger partial charge in [0.1, 0.15) is 10.6 Å². The zero-order valence-corrected chi connectivity index (χ0v) is 21.9. The van der Waals surface area contributed by atoms with Crippen LogP contribution >= 0.6 is 11.3 Å². The summed E-state index contributed by atoms with van der Waals surface area (Å²) in [7, 11) is 0. The fourth-order valence-corrected chi connectivity index (χ4v) is 4.68. The molecule has 3 aromatic rings. The second-order valence-electron chi connectivity index (χ2n) is 8.67. The van der Waals surface area contributed by atoms with Crippen LogP contribution in [-0.2, 0) is 0 Å². The van der Waals surface area contributed by atoms with E-state index in [4.69, 9.17) is 4.74 Å². The maximum atomic E-state index is 12.9. The fourth-order valence-electron chi connectivity index (χ4n) is 3.82. The molecule has 0 spiro atoms. The van der Waals surface area contributed by atoms with E-state index in [1.807, 2.05) is 45.0 Å². The zero-order valence-electron chi connectivity index (χ0n) is 21.1. The third kappa shape index (κ3) is 7.55. The number of unbranched alkanes of at least 4 members (excludes halogenated alkanes) is 3. The van der Waals surface area contributed by atoms with Crippen molar-refractivity contribution in [2.24, 2.45) is 0 Å². The van der Waals surface area contributed by atoms with Crippen LogP contribution in [0.1, 0.15) is 64.7 Å². The Labute approximate surface area is 211 Å². The molecule has 8 heteroatoms. The molecule has 0 saturated heterocycles. The van der Waals surface area contributed by atoms with Crippen LogP contribution in [-0.4, -0.2) is 23.5 Å². The van der Waals surface area contributed by atoms with Crippen LogP contribution in [0.5, 0.6) is 5.75 Å². The van der Waals surface area contributed by atoms with E-state index in [1.54, 1.807) is 19.1 Å². The molecule has 7 nitrogen and oxygen atoms in total. The number of carbonyl (C=O) groups is 2. The summed E-state index contributed by atoms with van der Waals surface area (Å²) in [4.78, 5) is 30.2. The van der Waals surface area contributed by atoms with E-state index in [9.17, 15) is 9.59 Å². The Morgan fingerprint density at radius 1 is 0.914 bits per heavy atom. The molecular weight excluding hydrogens is 460 g/mol. The SMILES string of the molecule is CCCCCCOc1ccc(NC(=O)Nc2nc(C)c(C(=O)Nc3c(C)cc(C)cc3C)s2)cc1. The molecule has 0 fully saturated rings. The predicted octanol–water partition coefficient (Wildman–Crippen LogP) is 7.23. The normalized spacial score (nSPS) is 10.7. The first-order valence-corrected chi connectivity index (χ1v) is 12.8. The van der Waals surface area contributed by atoms with Crippen LogP contribution in [0, 0.1) is 27.7 Å². The fraction of sp³-hybridized carbons (Fsp3) is 0.370. The molecule has 186 valence electrons. The highest BCUT2D eigenvalue weighted by atomic mass is 32.1. The smallest absolute Gasteiger partial charge is 0.325 e. The Morgan fingerprint density at radius 3 is 2.26 bits per heavy atom. The number of benzene rings is 2. The van der Waals surface area contributed by atoms with E-state index < -0.39 is 6.03 Å².